The maximum absolute atomic E-state index is 4.36. The van der Waals surface area contributed by atoms with Crippen LogP contribution >= 0.6 is 0 Å². The van der Waals surface area contributed by atoms with Gasteiger partial charge in [0.1, 0.15) is 0 Å². The van der Waals surface area contributed by atoms with Crippen LogP contribution in [0.25, 0.3) is 0 Å². The third-order valence-corrected chi connectivity index (χ3v) is 14.2. The molecular weight excluding hydrogens is 500 g/mol. The van der Waals surface area contributed by atoms with Gasteiger partial charge in [-0.2, -0.15) is 0 Å². The molecule has 16 atom stereocenters. The number of unbranched alkanes of at least 4 members (excludes halogenated alkanes) is 5. The third kappa shape index (κ3) is 6.76. The summed E-state index contributed by atoms with van der Waals surface area (Å²) in [5, 5.41) is 17.2. The minimum absolute atomic E-state index is 0.656. The SMILES string of the molecule is CCCCCCCCC1C2CC3NC(CC4NC(CC5NC(CC(N2)C1C)C(C)C5CC)C(C)C4C)C(C)C3CC. The molecule has 5 saturated heterocycles. The van der Waals surface area contributed by atoms with E-state index in [0.29, 0.717) is 48.3 Å². The van der Waals surface area contributed by atoms with Crippen LogP contribution in [0.15, 0.2) is 0 Å². The Hall–Kier alpha value is -0.160. The summed E-state index contributed by atoms with van der Waals surface area (Å²) in [5.74, 6) is 6.33. The normalized spacial score (nSPS) is 50.0. The first kappa shape index (κ1) is 32.2. The molecule has 0 radical (unpaired) electrons. The van der Waals surface area contributed by atoms with Gasteiger partial charge in [0.2, 0.25) is 0 Å². The van der Waals surface area contributed by atoms with E-state index in [1.807, 2.05) is 0 Å². The second-order valence-corrected chi connectivity index (χ2v) is 16.1. The number of fused-ring (bicyclic) bond motifs is 8. The lowest BCUT2D eigenvalue weighted by molar-refractivity contribution is 0.272. The quantitative estimate of drug-likeness (QED) is 0.217. The van der Waals surface area contributed by atoms with Crippen molar-refractivity contribution in [1.29, 1.82) is 0 Å². The van der Waals surface area contributed by atoms with Crippen LogP contribution in [0, 0.1) is 47.3 Å². The summed E-state index contributed by atoms with van der Waals surface area (Å²) in [6.07, 6.45) is 17.8. The summed E-state index contributed by atoms with van der Waals surface area (Å²) >= 11 is 0. The lowest BCUT2D eigenvalue weighted by atomic mass is 9.77. The largest absolute Gasteiger partial charge is 0.311 e. The van der Waals surface area contributed by atoms with Crippen LogP contribution in [0.3, 0.4) is 0 Å². The topological polar surface area (TPSA) is 48.1 Å². The van der Waals surface area contributed by atoms with E-state index in [1.54, 1.807) is 0 Å². The minimum atomic E-state index is 0.656. The molecular formula is C37H70N4. The van der Waals surface area contributed by atoms with E-state index in [1.165, 1.54) is 83.5 Å². The molecule has 5 aliphatic heterocycles. The van der Waals surface area contributed by atoms with Gasteiger partial charge in [0.15, 0.2) is 0 Å². The summed E-state index contributed by atoms with van der Waals surface area (Å²) < 4.78 is 0. The monoisotopic (exact) mass is 571 g/mol. The van der Waals surface area contributed by atoms with Gasteiger partial charge >= 0.3 is 0 Å². The van der Waals surface area contributed by atoms with E-state index in [9.17, 15) is 0 Å². The molecule has 0 saturated carbocycles. The molecule has 0 aliphatic carbocycles. The van der Waals surface area contributed by atoms with Crippen molar-refractivity contribution in [3.8, 4) is 0 Å². The van der Waals surface area contributed by atoms with Crippen LogP contribution in [0.5, 0.6) is 0 Å². The zero-order valence-corrected chi connectivity index (χ0v) is 28.4. The zero-order chi connectivity index (χ0) is 29.3. The van der Waals surface area contributed by atoms with Gasteiger partial charge in [-0.1, -0.05) is 107 Å². The maximum Gasteiger partial charge on any atom is 0.0116 e. The lowest BCUT2D eigenvalue weighted by Crippen LogP contribution is -2.45. The van der Waals surface area contributed by atoms with Crippen LogP contribution in [-0.4, -0.2) is 48.3 Å². The van der Waals surface area contributed by atoms with Crippen LogP contribution in [0.2, 0.25) is 0 Å². The number of hydrogen-bond acceptors (Lipinski definition) is 4. The Balaban J connectivity index is 1.37. The first-order valence-corrected chi connectivity index (χ1v) is 18.8. The smallest absolute Gasteiger partial charge is 0.0116 e. The maximum atomic E-state index is 4.36. The highest BCUT2D eigenvalue weighted by Gasteiger charge is 2.50. The molecule has 4 nitrogen and oxygen atoms in total. The predicted octanol–water partition coefficient (Wildman–Crippen LogP) is 7.52. The summed E-state index contributed by atoms with van der Waals surface area (Å²) in [6.45, 7) is 20.1. The lowest BCUT2D eigenvalue weighted by Gasteiger charge is -2.28. The summed E-state index contributed by atoms with van der Waals surface area (Å²) in [5.41, 5.74) is 0. The van der Waals surface area contributed by atoms with Crippen molar-refractivity contribution < 1.29 is 0 Å². The molecule has 0 aromatic carbocycles. The van der Waals surface area contributed by atoms with Crippen molar-refractivity contribution in [2.45, 2.75) is 187 Å². The van der Waals surface area contributed by atoms with Gasteiger partial charge < -0.3 is 21.3 Å². The Bertz CT molecular complexity index is 802. The third-order valence-electron chi connectivity index (χ3n) is 14.2. The number of nitrogens with one attached hydrogen (secondary N) is 4. The fraction of sp³-hybridized carbons (Fsp3) is 1.00. The molecule has 8 bridgehead atoms. The zero-order valence-electron chi connectivity index (χ0n) is 28.4. The molecule has 0 spiro atoms. The molecule has 0 aromatic rings. The Kier molecular flexibility index (Phi) is 11.2. The second-order valence-electron chi connectivity index (χ2n) is 16.1. The Morgan fingerprint density at radius 2 is 0.732 bits per heavy atom. The van der Waals surface area contributed by atoms with Crippen molar-refractivity contribution in [3.05, 3.63) is 0 Å². The van der Waals surface area contributed by atoms with Crippen molar-refractivity contribution in [2.24, 2.45) is 47.3 Å². The average Bonchev–Trinajstić information content (AvgIpc) is 3.60. The summed E-state index contributed by atoms with van der Waals surface area (Å²) in [7, 11) is 0. The van der Waals surface area contributed by atoms with Gasteiger partial charge in [0.25, 0.3) is 0 Å². The molecule has 16 unspecified atom stereocenters. The molecule has 5 heterocycles. The van der Waals surface area contributed by atoms with Crippen LogP contribution < -0.4 is 21.3 Å². The van der Waals surface area contributed by atoms with Crippen molar-refractivity contribution >= 4 is 0 Å². The summed E-state index contributed by atoms with van der Waals surface area (Å²) in [4.78, 5) is 0. The highest BCUT2D eigenvalue weighted by atomic mass is 15.1. The molecule has 4 N–H and O–H groups in total. The highest BCUT2D eigenvalue weighted by molar-refractivity contribution is 5.08. The molecule has 4 heteroatoms. The minimum Gasteiger partial charge on any atom is -0.311 e. The van der Waals surface area contributed by atoms with Gasteiger partial charge in [0.05, 0.1) is 0 Å². The molecule has 5 aliphatic rings. The van der Waals surface area contributed by atoms with E-state index in [2.05, 4.69) is 76.7 Å². The number of rotatable bonds is 9. The van der Waals surface area contributed by atoms with E-state index < -0.39 is 0 Å². The standard InChI is InChI=1S/C37H70N4/c1-9-12-13-14-15-16-17-29-26(8)34-19-33-24(6)27(10-2)35(39-33)20-31-23(5)22(4)30(38-31)18-32-25(7)28(11-3)36(40-32)21-37(29)41-34/h22-41H,9-21H2,1-8H3. The molecule has 5 rings (SSSR count). The molecule has 41 heavy (non-hydrogen) atoms. The number of hydrogen-bond donors (Lipinski definition) is 4. The average molecular weight is 571 g/mol. The van der Waals surface area contributed by atoms with Crippen molar-refractivity contribution in [3.63, 3.8) is 0 Å². The van der Waals surface area contributed by atoms with Crippen molar-refractivity contribution in [1.82, 2.24) is 21.3 Å². The van der Waals surface area contributed by atoms with Gasteiger partial charge in [0, 0.05) is 48.3 Å². The Labute approximate surface area is 255 Å². The van der Waals surface area contributed by atoms with E-state index in [-0.39, 0.29) is 0 Å². The van der Waals surface area contributed by atoms with Gasteiger partial charge in [-0.05, 0) is 79.4 Å². The molecule has 5 fully saturated rings. The first-order valence-electron chi connectivity index (χ1n) is 18.8. The Morgan fingerprint density at radius 1 is 0.390 bits per heavy atom. The van der Waals surface area contributed by atoms with Crippen molar-refractivity contribution in [2.75, 3.05) is 0 Å². The summed E-state index contributed by atoms with van der Waals surface area (Å²) in [6, 6.07) is 5.32. The van der Waals surface area contributed by atoms with E-state index >= 15 is 0 Å². The van der Waals surface area contributed by atoms with Gasteiger partial charge in [-0.15, -0.1) is 0 Å². The molecule has 0 aromatic heterocycles. The van der Waals surface area contributed by atoms with Gasteiger partial charge in [-0.3, -0.25) is 0 Å². The van der Waals surface area contributed by atoms with Crippen LogP contribution in [0.4, 0.5) is 0 Å². The first-order chi connectivity index (χ1) is 19.8. The van der Waals surface area contributed by atoms with Crippen LogP contribution in [0.1, 0.15) is 139 Å². The second kappa shape index (κ2) is 14.3. The van der Waals surface area contributed by atoms with E-state index in [0.717, 1.165) is 47.3 Å². The fourth-order valence-corrected chi connectivity index (χ4v) is 11.1. The van der Waals surface area contributed by atoms with Crippen LogP contribution in [-0.2, 0) is 0 Å². The van der Waals surface area contributed by atoms with Gasteiger partial charge in [-0.25, -0.2) is 0 Å². The Morgan fingerprint density at radius 3 is 1.22 bits per heavy atom. The van der Waals surface area contributed by atoms with E-state index in [4.69, 9.17) is 0 Å². The predicted molar refractivity (Wildman–Crippen MR) is 176 cm³/mol. The highest BCUT2D eigenvalue weighted by Crippen LogP contribution is 2.44. The molecule has 0 amide bonds. The fourth-order valence-electron chi connectivity index (χ4n) is 11.1. The molecule has 238 valence electrons.